The highest BCUT2D eigenvalue weighted by Gasteiger charge is 2.11. The van der Waals surface area contributed by atoms with Crippen LogP contribution in [0.5, 0.6) is 0 Å². The Morgan fingerprint density at radius 1 is 1.24 bits per heavy atom. The highest BCUT2D eigenvalue weighted by Crippen LogP contribution is 2.26. The minimum atomic E-state index is 0.0561. The molecule has 1 amide bonds. The molecule has 1 N–H and O–H groups in total. The van der Waals surface area contributed by atoms with Crippen molar-refractivity contribution in [2.75, 3.05) is 11.1 Å². The summed E-state index contributed by atoms with van der Waals surface area (Å²) in [6.07, 6.45) is 3.53. The van der Waals surface area contributed by atoms with Gasteiger partial charge in [0.1, 0.15) is 0 Å². The number of fused-ring (bicyclic) bond motifs is 1. The van der Waals surface area contributed by atoms with Crippen molar-refractivity contribution in [2.45, 2.75) is 25.0 Å². The van der Waals surface area contributed by atoms with Gasteiger partial charge in [0.2, 0.25) is 5.91 Å². The van der Waals surface area contributed by atoms with Crippen molar-refractivity contribution >= 4 is 46.3 Å². The first kappa shape index (κ1) is 14.9. The summed E-state index contributed by atoms with van der Waals surface area (Å²) in [5.74, 6) is 1.35. The van der Waals surface area contributed by atoms with E-state index in [0.29, 0.717) is 5.75 Å². The zero-order chi connectivity index (χ0) is 14.7. The van der Waals surface area contributed by atoms with Crippen LogP contribution in [-0.4, -0.2) is 11.7 Å². The van der Waals surface area contributed by atoms with Crippen LogP contribution in [0.2, 0.25) is 4.34 Å². The van der Waals surface area contributed by atoms with Gasteiger partial charge in [0, 0.05) is 16.3 Å². The molecule has 0 radical (unpaired) electrons. The number of hydrogen-bond acceptors (Lipinski definition) is 3. The standard InChI is InChI=1S/C16H16ClNOS2/c17-15-7-6-14(21-15)9-20-10-16(19)18-13-5-4-11-2-1-3-12(11)8-13/h4-8H,1-3,9-10H2,(H,18,19). The molecule has 0 saturated carbocycles. The number of amides is 1. The number of thioether (sulfide) groups is 1. The van der Waals surface area contributed by atoms with Gasteiger partial charge in [0.15, 0.2) is 0 Å². The molecule has 1 aromatic carbocycles. The number of thiophene rings is 1. The van der Waals surface area contributed by atoms with Crippen molar-refractivity contribution in [3.8, 4) is 0 Å². The first-order valence-electron chi connectivity index (χ1n) is 6.94. The second-order valence-electron chi connectivity index (χ2n) is 5.08. The van der Waals surface area contributed by atoms with Gasteiger partial charge in [-0.2, -0.15) is 0 Å². The summed E-state index contributed by atoms with van der Waals surface area (Å²) in [5.41, 5.74) is 3.73. The number of halogens is 1. The van der Waals surface area contributed by atoms with Gasteiger partial charge in [-0.1, -0.05) is 17.7 Å². The van der Waals surface area contributed by atoms with Gasteiger partial charge in [-0.15, -0.1) is 23.1 Å². The highest BCUT2D eigenvalue weighted by molar-refractivity contribution is 7.99. The molecule has 2 aromatic rings. The van der Waals surface area contributed by atoms with Gasteiger partial charge < -0.3 is 5.32 Å². The number of benzene rings is 1. The molecule has 0 spiro atoms. The number of rotatable bonds is 5. The fourth-order valence-corrected chi connectivity index (χ4v) is 4.55. The number of hydrogen-bond donors (Lipinski definition) is 1. The van der Waals surface area contributed by atoms with Gasteiger partial charge in [-0.05, 0) is 54.7 Å². The maximum Gasteiger partial charge on any atom is 0.234 e. The smallest absolute Gasteiger partial charge is 0.234 e. The third-order valence-electron chi connectivity index (χ3n) is 3.49. The third kappa shape index (κ3) is 4.02. The molecule has 1 aromatic heterocycles. The summed E-state index contributed by atoms with van der Waals surface area (Å²) in [6.45, 7) is 0. The SMILES string of the molecule is O=C(CSCc1ccc(Cl)s1)Nc1ccc2c(c1)CCC2. The average molecular weight is 338 g/mol. The lowest BCUT2D eigenvalue weighted by Crippen LogP contribution is -2.14. The van der Waals surface area contributed by atoms with Gasteiger partial charge >= 0.3 is 0 Å². The van der Waals surface area contributed by atoms with E-state index in [1.165, 1.54) is 28.8 Å². The van der Waals surface area contributed by atoms with Crippen molar-refractivity contribution in [2.24, 2.45) is 0 Å². The molecular formula is C16H16ClNOS2. The second-order valence-corrected chi connectivity index (χ2v) is 7.87. The van der Waals surface area contributed by atoms with Crippen LogP contribution in [0.4, 0.5) is 5.69 Å². The van der Waals surface area contributed by atoms with Crippen LogP contribution >= 0.6 is 34.7 Å². The van der Waals surface area contributed by atoms with Gasteiger partial charge in [0.05, 0.1) is 10.1 Å². The number of nitrogens with one attached hydrogen (secondary N) is 1. The van der Waals surface area contributed by atoms with Crippen molar-refractivity contribution in [3.63, 3.8) is 0 Å². The van der Waals surface area contributed by atoms with Gasteiger partial charge in [-0.25, -0.2) is 0 Å². The van der Waals surface area contributed by atoms with E-state index in [2.05, 4.69) is 17.4 Å². The monoisotopic (exact) mass is 337 g/mol. The molecule has 1 heterocycles. The maximum absolute atomic E-state index is 12.0. The van der Waals surface area contributed by atoms with Crippen LogP contribution < -0.4 is 5.32 Å². The normalized spacial score (nSPS) is 13.2. The summed E-state index contributed by atoms with van der Waals surface area (Å²) in [5, 5.41) is 2.98. The molecule has 5 heteroatoms. The van der Waals surface area contributed by atoms with E-state index in [0.717, 1.165) is 22.2 Å². The third-order valence-corrected chi connectivity index (χ3v) is 5.88. The van der Waals surface area contributed by atoms with E-state index in [4.69, 9.17) is 11.6 Å². The number of aryl methyl sites for hydroxylation is 2. The van der Waals surface area contributed by atoms with E-state index in [1.54, 1.807) is 23.1 Å². The van der Waals surface area contributed by atoms with Crippen LogP contribution in [0.25, 0.3) is 0 Å². The quantitative estimate of drug-likeness (QED) is 0.852. The Morgan fingerprint density at radius 3 is 2.90 bits per heavy atom. The van der Waals surface area contributed by atoms with E-state index >= 15 is 0 Å². The lowest BCUT2D eigenvalue weighted by atomic mass is 10.1. The molecule has 1 aliphatic rings. The van der Waals surface area contributed by atoms with Crippen LogP contribution in [0, 0.1) is 0 Å². The van der Waals surface area contributed by atoms with Gasteiger partial charge in [0.25, 0.3) is 0 Å². The van der Waals surface area contributed by atoms with E-state index in [1.807, 2.05) is 18.2 Å². The van der Waals surface area contributed by atoms with Gasteiger partial charge in [-0.3, -0.25) is 4.79 Å². The Kier molecular flexibility index (Phi) is 4.88. The van der Waals surface area contributed by atoms with Crippen molar-refractivity contribution in [1.29, 1.82) is 0 Å². The number of carbonyl (C=O) groups excluding carboxylic acids is 1. The number of carbonyl (C=O) groups is 1. The topological polar surface area (TPSA) is 29.1 Å². The molecule has 0 unspecified atom stereocenters. The van der Waals surface area contributed by atoms with Crippen molar-refractivity contribution in [1.82, 2.24) is 0 Å². The van der Waals surface area contributed by atoms with Crippen LogP contribution in [0.15, 0.2) is 30.3 Å². The summed E-state index contributed by atoms with van der Waals surface area (Å²) >= 11 is 9.07. The Labute approximate surface area is 137 Å². The molecular weight excluding hydrogens is 322 g/mol. The van der Waals surface area contributed by atoms with E-state index < -0.39 is 0 Å². The molecule has 2 nitrogen and oxygen atoms in total. The summed E-state index contributed by atoms with van der Waals surface area (Å²) < 4.78 is 0.799. The minimum absolute atomic E-state index is 0.0561. The average Bonchev–Trinajstić information content (AvgIpc) is 3.07. The summed E-state index contributed by atoms with van der Waals surface area (Å²) in [7, 11) is 0. The summed E-state index contributed by atoms with van der Waals surface area (Å²) in [4.78, 5) is 13.2. The molecule has 110 valence electrons. The first-order valence-corrected chi connectivity index (χ1v) is 9.29. The lowest BCUT2D eigenvalue weighted by molar-refractivity contribution is -0.113. The zero-order valence-electron chi connectivity index (χ0n) is 11.5. The van der Waals surface area contributed by atoms with E-state index in [-0.39, 0.29) is 5.91 Å². The Balaban J connectivity index is 1.48. The lowest BCUT2D eigenvalue weighted by Gasteiger charge is -2.07. The molecule has 21 heavy (non-hydrogen) atoms. The molecule has 0 aliphatic heterocycles. The Hall–Kier alpha value is -0.970. The van der Waals surface area contributed by atoms with Crippen LogP contribution in [0.1, 0.15) is 22.4 Å². The fourth-order valence-electron chi connectivity index (χ4n) is 2.52. The molecule has 0 atom stereocenters. The highest BCUT2D eigenvalue weighted by atomic mass is 35.5. The molecule has 1 aliphatic carbocycles. The van der Waals surface area contributed by atoms with Crippen molar-refractivity contribution in [3.05, 3.63) is 50.7 Å². The predicted octanol–water partition coefficient (Wildman–Crippen LogP) is 4.76. The summed E-state index contributed by atoms with van der Waals surface area (Å²) in [6, 6.07) is 10.2. The largest absolute Gasteiger partial charge is 0.325 e. The predicted molar refractivity (Wildman–Crippen MR) is 92.6 cm³/mol. The minimum Gasteiger partial charge on any atom is -0.325 e. The van der Waals surface area contributed by atoms with Crippen molar-refractivity contribution < 1.29 is 4.79 Å². The molecule has 0 saturated heterocycles. The van der Waals surface area contributed by atoms with E-state index in [9.17, 15) is 4.79 Å². The molecule has 0 bridgehead atoms. The van der Waals surface area contributed by atoms with Crippen LogP contribution in [0.3, 0.4) is 0 Å². The Bertz CT molecular complexity index is 653. The number of anilines is 1. The Morgan fingerprint density at radius 2 is 2.10 bits per heavy atom. The molecule has 3 rings (SSSR count). The fraction of sp³-hybridized carbons (Fsp3) is 0.312. The maximum atomic E-state index is 12.0. The second kappa shape index (κ2) is 6.86. The van der Waals surface area contributed by atoms with Crippen LogP contribution in [-0.2, 0) is 23.4 Å². The molecule has 0 fully saturated rings. The zero-order valence-corrected chi connectivity index (χ0v) is 13.9. The first-order chi connectivity index (χ1) is 10.2.